The lowest BCUT2D eigenvalue weighted by Crippen LogP contribution is -2.45. The second-order valence-corrected chi connectivity index (χ2v) is 21.0. The van der Waals surface area contributed by atoms with E-state index in [1.165, 1.54) is 60.0 Å². The Balaban J connectivity index is 0.000000345. The Hall–Kier alpha value is -8.25. The molecule has 75 heavy (non-hydrogen) atoms. The number of nitrogens with zero attached hydrogens (tertiary/aromatic N) is 1. The number of benzene rings is 5. The second-order valence-electron chi connectivity index (χ2n) is 19.8. The predicted octanol–water partition coefficient (Wildman–Crippen LogP) is 17.6. The van der Waals surface area contributed by atoms with Gasteiger partial charge in [0.05, 0.1) is 12.3 Å². The molecule has 0 amide bonds. The zero-order valence-electron chi connectivity index (χ0n) is 42.9. The Morgan fingerprint density at radius 3 is 2.39 bits per heavy atom. The lowest BCUT2D eigenvalue weighted by molar-refractivity contribution is 0.163. The van der Waals surface area contributed by atoms with Gasteiger partial charge in [0.15, 0.2) is 0 Å². The summed E-state index contributed by atoms with van der Waals surface area (Å²) in [4.78, 5) is 5.24. The largest absolute Gasteiger partial charge is 0.511 e. The van der Waals surface area contributed by atoms with E-state index in [4.69, 9.17) is 10.5 Å². The van der Waals surface area contributed by atoms with Crippen molar-refractivity contribution in [2.24, 2.45) is 11.7 Å². The number of allylic oxidation sites excluding steroid dienone is 18. The summed E-state index contributed by atoms with van der Waals surface area (Å²) in [5.41, 5.74) is 23.7. The lowest BCUT2D eigenvalue weighted by Gasteiger charge is -2.41. The molecule has 3 N–H and O–H groups in total. The molecular weight excluding hydrogens is 933 g/mol. The molecule has 6 aliphatic rings. The molecule has 5 aromatic carbocycles. The fourth-order valence-electron chi connectivity index (χ4n) is 10.6. The lowest BCUT2D eigenvalue weighted by atomic mass is 9.83. The van der Waals surface area contributed by atoms with Crippen molar-refractivity contribution < 1.29 is 9.84 Å². The van der Waals surface area contributed by atoms with Gasteiger partial charge in [0.1, 0.15) is 11.9 Å². The van der Waals surface area contributed by atoms with Crippen LogP contribution in [0.1, 0.15) is 77.5 Å². The number of nitrogens with two attached hydrogens (primary N) is 1. The quantitative estimate of drug-likeness (QED) is 0.102. The number of aliphatic hydroxyl groups excluding tert-OH is 1. The minimum Gasteiger partial charge on any atom is -0.511 e. The van der Waals surface area contributed by atoms with Crippen LogP contribution in [0.15, 0.2) is 276 Å². The van der Waals surface area contributed by atoms with Crippen LogP contribution in [0.5, 0.6) is 0 Å². The van der Waals surface area contributed by atoms with Crippen molar-refractivity contribution in [2.45, 2.75) is 62.0 Å². The Kier molecular flexibility index (Phi) is 15.3. The van der Waals surface area contributed by atoms with E-state index in [9.17, 15) is 5.11 Å². The van der Waals surface area contributed by atoms with E-state index in [0.717, 1.165) is 58.5 Å². The van der Waals surface area contributed by atoms with Gasteiger partial charge in [-0.05, 0) is 141 Å². The first-order valence-electron chi connectivity index (χ1n) is 26.0. The van der Waals surface area contributed by atoms with Gasteiger partial charge in [0.2, 0.25) is 0 Å². The van der Waals surface area contributed by atoms with E-state index in [2.05, 4.69) is 207 Å². The molecule has 0 bridgehead atoms. The van der Waals surface area contributed by atoms with Gasteiger partial charge in [-0.15, -0.1) is 0 Å². The van der Waals surface area contributed by atoms with Crippen molar-refractivity contribution in [3.05, 3.63) is 310 Å². The first-order chi connectivity index (χ1) is 36.6. The van der Waals surface area contributed by atoms with E-state index in [-0.39, 0.29) is 18.1 Å². The fraction of sp³-hybridized carbons (Fsp3) is 0.143. The summed E-state index contributed by atoms with van der Waals surface area (Å²) in [6, 6.07) is 41.8. The summed E-state index contributed by atoms with van der Waals surface area (Å²) >= 11 is 1.92. The topological polar surface area (TPSA) is 58.7 Å². The summed E-state index contributed by atoms with van der Waals surface area (Å²) < 4.78 is 6.53. The summed E-state index contributed by atoms with van der Waals surface area (Å²) in [5.74, 6) is 1.26. The molecule has 0 spiro atoms. The standard InChI is InChI=1S/C56H45NOS.C14H19NO/c1-3-40-34-51-52-35-47-33-49(31-28-46(47)37-55(52)59-54(51)36-45(40)25-22-39-20-23-43(24-21-39)41-14-6-4-7-15-41)57(48-29-26-44(27-30-48)42-16-8-5-9-17-42)53-19-12-18-50-38(2)13-10-11-32-58-56(50)53;1-10(6-4-8-12(3)15)13-9-5-7-11(2)14(13)16/h3-26,28-34,36-37,44,52-53,56H,1-2,27,35H2;4-6,8-9,11,16H,1,7,15H2,2-3H3/b13-10-,25-22-,32-11-;6-4-,12-8+. The van der Waals surface area contributed by atoms with Gasteiger partial charge in [-0.3, -0.25) is 0 Å². The molecule has 0 saturated carbocycles. The maximum atomic E-state index is 9.91. The van der Waals surface area contributed by atoms with Gasteiger partial charge in [0.25, 0.3) is 0 Å². The molecule has 0 aromatic heterocycles. The van der Waals surface area contributed by atoms with Gasteiger partial charge in [-0.1, -0.05) is 214 Å². The molecule has 0 radical (unpaired) electrons. The number of aliphatic hydroxyl groups is 1. The van der Waals surface area contributed by atoms with Crippen LogP contribution in [0.3, 0.4) is 0 Å². The van der Waals surface area contributed by atoms with Crippen LogP contribution in [0, 0.1) is 5.92 Å². The third kappa shape index (κ3) is 11.3. The van der Waals surface area contributed by atoms with Gasteiger partial charge >= 0.3 is 0 Å². The minimum absolute atomic E-state index is 0.0778. The molecule has 11 rings (SSSR count). The van der Waals surface area contributed by atoms with Gasteiger partial charge in [-0.2, -0.15) is 0 Å². The second kappa shape index (κ2) is 22.9. The van der Waals surface area contributed by atoms with Gasteiger partial charge in [-0.25, -0.2) is 0 Å². The maximum Gasteiger partial charge on any atom is 0.148 e. The Labute approximate surface area is 448 Å². The zero-order valence-corrected chi connectivity index (χ0v) is 43.7. The van der Waals surface area contributed by atoms with Crippen molar-refractivity contribution in [2.75, 3.05) is 4.90 Å². The molecule has 5 unspecified atom stereocenters. The number of anilines is 1. The third-order valence-corrected chi connectivity index (χ3v) is 15.9. The molecule has 4 aliphatic carbocycles. The smallest absolute Gasteiger partial charge is 0.148 e. The molecular formula is C70H64N2O2S. The van der Waals surface area contributed by atoms with Crippen LogP contribution < -0.4 is 10.6 Å². The van der Waals surface area contributed by atoms with Gasteiger partial charge < -0.3 is 20.5 Å². The van der Waals surface area contributed by atoms with Crippen molar-refractivity contribution in [1.29, 1.82) is 0 Å². The zero-order chi connectivity index (χ0) is 51.8. The Morgan fingerprint density at radius 2 is 1.63 bits per heavy atom. The maximum absolute atomic E-state index is 9.91. The molecule has 2 heterocycles. The first-order valence-corrected chi connectivity index (χ1v) is 26.8. The van der Waals surface area contributed by atoms with Crippen LogP contribution in [0.25, 0.3) is 35.4 Å². The average molecular weight is 997 g/mol. The summed E-state index contributed by atoms with van der Waals surface area (Å²) in [6.07, 6.45) is 42.4. The highest BCUT2D eigenvalue weighted by atomic mass is 32.2. The van der Waals surface area contributed by atoms with E-state index in [0.29, 0.717) is 17.6 Å². The van der Waals surface area contributed by atoms with E-state index >= 15 is 0 Å². The summed E-state index contributed by atoms with van der Waals surface area (Å²) in [5, 5.41) is 9.91. The molecule has 2 aliphatic heterocycles. The SMILES string of the molecule is C=C(/C=C\C=C(/C)N)C1=C(O)C(C)CC=C1.C=Cc1cc2c(cc1/C=C\c1ccc(-c3ccccc3)cc1)SC1=Cc3ccc(N(C4=CCC(c5ccccc5)C=C4)C4C=CC=C5C(=C)/C=C\C=C/OC54)cc3CC12. The van der Waals surface area contributed by atoms with Crippen LogP contribution in [-0.2, 0) is 11.2 Å². The van der Waals surface area contributed by atoms with E-state index in [1.807, 2.05) is 68.3 Å². The fourth-order valence-corrected chi connectivity index (χ4v) is 11.9. The highest BCUT2D eigenvalue weighted by Crippen LogP contribution is 2.54. The van der Waals surface area contributed by atoms with Crippen molar-refractivity contribution in [1.82, 2.24) is 0 Å². The molecule has 5 aromatic rings. The average Bonchev–Trinajstić information content (AvgIpc) is 3.79. The third-order valence-electron chi connectivity index (χ3n) is 14.7. The molecule has 5 heteroatoms. The molecule has 0 fully saturated rings. The normalized spacial score (nSPS) is 22.2. The van der Waals surface area contributed by atoms with Crippen LogP contribution in [-0.4, -0.2) is 17.3 Å². The first kappa shape index (κ1) is 50.3. The number of fused-ring (bicyclic) bond motifs is 5. The minimum atomic E-state index is -0.218. The number of hydrogen-bond donors (Lipinski definition) is 2. The highest BCUT2D eigenvalue weighted by molar-refractivity contribution is 8.03. The number of rotatable bonds is 11. The van der Waals surface area contributed by atoms with E-state index < -0.39 is 0 Å². The van der Waals surface area contributed by atoms with Gasteiger partial charge in [0, 0.05) is 50.9 Å². The number of thioether (sulfide) groups is 1. The highest BCUT2D eigenvalue weighted by Gasteiger charge is 2.36. The van der Waals surface area contributed by atoms with Crippen molar-refractivity contribution in [3.8, 4) is 11.1 Å². The van der Waals surface area contributed by atoms with E-state index in [1.54, 1.807) is 6.08 Å². The van der Waals surface area contributed by atoms with Crippen LogP contribution >= 0.6 is 11.8 Å². The van der Waals surface area contributed by atoms with Crippen molar-refractivity contribution in [3.63, 3.8) is 0 Å². The molecule has 5 atom stereocenters. The molecule has 4 nitrogen and oxygen atoms in total. The Bertz CT molecular complexity index is 3400. The van der Waals surface area contributed by atoms with Crippen LogP contribution in [0.2, 0.25) is 0 Å². The Morgan fingerprint density at radius 1 is 0.840 bits per heavy atom. The van der Waals surface area contributed by atoms with Crippen LogP contribution in [0.4, 0.5) is 5.69 Å². The molecule has 372 valence electrons. The number of ether oxygens (including phenoxy) is 1. The predicted molar refractivity (Wildman–Crippen MR) is 320 cm³/mol. The monoisotopic (exact) mass is 996 g/mol. The summed E-state index contributed by atoms with van der Waals surface area (Å²) in [6.45, 7) is 16.4. The summed E-state index contributed by atoms with van der Waals surface area (Å²) in [7, 11) is 0. The molecule has 0 saturated heterocycles. The number of hydrogen-bond acceptors (Lipinski definition) is 5. The van der Waals surface area contributed by atoms with Crippen molar-refractivity contribution >= 4 is 41.8 Å².